The van der Waals surface area contributed by atoms with Crippen LogP contribution in [0.2, 0.25) is 0 Å². The first kappa shape index (κ1) is 17.3. The largest absolute Gasteiger partial charge is 0.490 e. The van der Waals surface area contributed by atoms with Crippen LogP contribution in [0.5, 0.6) is 5.75 Å². The number of nitrogens with zero attached hydrogens (tertiary/aromatic N) is 1. The van der Waals surface area contributed by atoms with Crippen molar-refractivity contribution < 1.29 is 9.53 Å². The van der Waals surface area contributed by atoms with Crippen molar-refractivity contribution in [3.63, 3.8) is 0 Å². The second kappa shape index (κ2) is 7.56. The van der Waals surface area contributed by atoms with Crippen molar-refractivity contribution in [3.8, 4) is 5.75 Å². The highest BCUT2D eigenvalue weighted by atomic mass is 16.5. The molecule has 1 aliphatic heterocycles. The zero-order chi connectivity index (χ0) is 17.1. The van der Waals surface area contributed by atoms with Crippen LogP contribution in [0.3, 0.4) is 0 Å². The highest BCUT2D eigenvalue weighted by molar-refractivity contribution is 5.79. The van der Waals surface area contributed by atoms with Gasteiger partial charge in [0, 0.05) is 31.8 Å². The lowest BCUT2D eigenvalue weighted by molar-refractivity contribution is -0.138. The van der Waals surface area contributed by atoms with Crippen molar-refractivity contribution in [2.24, 2.45) is 17.6 Å². The Balaban J connectivity index is 1.54. The van der Waals surface area contributed by atoms with Gasteiger partial charge >= 0.3 is 0 Å². The summed E-state index contributed by atoms with van der Waals surface area (Å²) in [6.07, 6.45) is 5.31. The monoisotopic (exact) mass is 330 g/mol. The Kier molecular flexibility index (Phi) is 5.44. The van der Waals surface area contributed by atoms with E-state index >= 15 is 0 Å². The van der Waals surface area contributed by atoms with Crippen molar-refractivity contribution in [3.05, 3.63) is 29.3 Å². The SMILES string of the molecule is Cc1ccc(C)c(OC2CCN(C(=O)[C@@H]3CCC[C@@H]3CN)CC2)c1. The number of carbonyl (C=O) groups is 1. The lowest BCUT2D eigenvalue weighted by atomic mass is 9.93. The second-order valence-corrected chi connectivity index (χ2v) is 7.44. The summed E-state index contributed by atoms with van der Waals surface area (Å²) in [6, 6.07) is 6.33. The summed E-state index contributed by atoms with van der Waals surface area (Å²) < 4.78 is 6.20. The molecule has 4 heteroatoms. The first-order chi connectivity index (χ1) is 11.6. The Bertz CT molecular complexity index is 579. The predicted molar refractivity (Wildman–Crippen MR) is 96.0 cm³/mol. The number of likely N-dealkylation sites (tertiary alicyclic amines) is 1. The summed E-state index contributed by atoms with van der Waals surface area (Å²) in [5.74, 6) is 1.86. The molecule has 2 fully saturated rings. The van der Waals surface area contributed by atoms with Gasteiger partial charge in [-0.2, -0.15) is 0 Å². The van der Waals surface area contributed by atoms with E-state index in [2.05, 4.69) is 32.0 Å². The van der Waals surface area contributed by atoms with Crippen LogP contribution in [-0.4, -0.2) is 36.5 Å². The molecule has 0 radical (unpaired) electrons. The van der Waals surface area contributed by atoms with Crippen molar-refractivity contribution in [2.75, 3.05) is 19.6 Å². The molecule has 0 unspecified atom stereocenters. The maximum absolute atomic E-state index is 12.8. The molecule has 0 aromatic heterocycles. The van der Waals surface area contributed by atoms with Crippen LogP contribution in [-0.2, 0) is 4.79 Å². The second-order valence-electron chi connectivity index (χ2n) is 7.44. The van der Waals surface area contributed by atoms with E-state index in [-0.39, 0.29) is 12.0 Å². The minimum absolute atomic E-state index is 0.159. The van der Waals surface area contributed by atoms with Gasteiger partial charge in [0.1, 0.15) is 11.9 Å². The zero-order valence-corrected chi connectivity index (χ0v) is 15.0. The topological polar surface area (TPSA) is 55.6 Å². The Morgan fingerprint density at radius 3 is 2.67 bits per heavy atom. The maximum atomic E-state index is 12.8. The third-order valence-corrected chi connectivity index (χ3v) is 5.67. The fourth-order valence-corrected chi connectivity index (χ4v) is 4.09. The molecule has 0 spiro atoms. The highest BCUT2D eigenvalue weighted by Gasteiger charge is 2.36. The van der Waals surface area contributed by atoms with Gasteiger partial charge in [-0.1, -0.05) is 18.6 Å². The first-order valence-corrected chi connectivity index (χ1v) is 9.31. The fourth-order valence-electron chi connectivity index (χ4n) is 4.09. The number of aryl methyl sites for hydroxylation is 2. The lowest BCUT2D eigenvalue weighted by Crippen LogP contribution is -2.45. The summed E-state index contributed by atoms with van der Waals surface area (Å²) in [4.78, 5) is 14.8. The smallest absolute Gasteiger partial charge is 0.226 e. The van der Waals surface area contributed by atoms with Gasteiger partial charge in [-0.25, -0.2) is 0 Å². The minimum Gasteiger partial charge on any atom is -0.490 e. The van der Waals surface area contributed by atoms with Crippen LogP contribution in [0.25, 0.3) is 0 Å². The quantitative estimate of drug-likeness (QED) is 0.923. The Labute approximate surface area is 145 Å². The Morgan fingerprint density at radius 1 is 1.21 bits per heavy atom. The molecular formula is C20H30N2O2. The standard InChI is InChI=1S/C20H30N2O2/c1-14-6-7-15(2)19(12-14)24-17-8-10-22(11-9-17)20(23)18-5-3-4-16(18)13-21/h6-7,12,16-18H,3-5,8-11,13,21H2,1-2H3/t16-,18-/m1/s1. The number of amides is 1. The number of piperidine rings is 1. The number of hydrogen-bond acceptors (Lipinski definition) is 3. The molecule has 2 aliphatic rings. The number of rotatable bonds is 4. The third-order valence-electron chi connectivity index (χ3n) is 5.67. The lowest BCUT2D eigenvalue weighted by Gasteiger charge is -2.35. The average Bonchev–Trinajstić information content (AvgIpc) is 3.07. The molecule has 1 aromatic rings. The van der Waals surface area contributed by atoms with Crippen LogP contribution >= 0.6 is 0 Å². The van der Waals surface area contributed by atoms with Crippen LogP contribution in [0.15, 0.2) is 18.2 Å². The van der Waals surface area contributed by atoms with Crippen molar-refractivity contribution >= 4 is 5.91 Å². The molecule has 1 aliphatic carbocycles. The van der Waals surface area contributed by atoms with Gasteiger partial charge in [0.2, 0.25) is 5.91 Å². The van der Waals surface area contributed by atoms with Gasteiger partial charge in [0.15, 0.2) is 0 Å². The van der Waals surface area contributed by atoms with Gasteiger partial charge in [0.25, 0.3) is 0 Å². The molecule has 2 N–H and O–H groups in total. The van der Waals surface area contributed by atoms with E-state index in [0.717, 1.165) is 50.9 Å². The number of benzene rings is 1. The van der Waals surface area contributed by atoms with E-state index in [4.69, 9.17) is 10.5 Å². The molecule has 0 bridgehead atoms. The minimum atomic E-state index is 0.159. The van der Waals surface area contributed by atoms with Crippen LogP contribution in [0.4, 0.5) is 0 Å². The van der Waals surface area contributed by atoms with E-state index in [1.807, 2.05) is 4.90 Å². The molecule has 2 atom stereocenters. The zero-order valence-electron chi connectivity index (χ0n) is 15.0. The summed E-state index contributed by atoms with van der Waals surface area (Å²) in [5.41, 5.74) is 8.23. The maximum Gasteiger partial charge on any atom is 0.226 e. The Hall–Kier alpha value is -1.55. The molecule has 132 valence electrons. The fraction of sp³-hybridized carbons (Fsp3) is 0.650. The van der Waals surface area contributed by atoms with E-state index in [1.165, 1.54) is 11.1 Å². The molecule has 4 nitrogen and oxygen atoms in total. The summed E-state index contributed by atoms with van der Waals surface area (Å²) >= 11 is 0. The number of nitrogens with two attached hydrogens (primary N) is 1. The van der Waals surface area contributed by atoms with Gasteiger partial charge in [-0.05, 0) is 56.3 Å². The van der Waals surface area contributed by atoms with E-state index in [9.17, 15) is 4.79 Å². The molecule has 1 saturated carbocycles. The summed E-state index contributed by atoms with van der Waals surface area (Å²) in [7, 11) is 0. The Morgan fingerprint density at radius 2 is 1.96 bits per heavy atom. The van der Waals surface area contributed by atoms with Gasteiger partial charge in [-0.3, -0.25) is 4.79 Å². The van der Waals surface area contributed by atoms with E-state index in [1.54, 1.807) is 0 Å². The highest BCUT2D eigenvalue weighted by Crippen LogP contribution is 2.33. The van der Waals surface area contributed by atoms with Crippen LogP contribution < -0.4 is 10.5 Å². The molecule has 1 heterocycles. The number of carbonyl (C=O) groups excluding carboxylic acids is 1. The van der Waals surface area contributed by atoms with Crippen molar-refractivity contribution in [2.45, 2.75) is 52.1 Å². The van der Waals surface area contributed by atoms with Gasteiger partial charge < -0.3 is 15.4 Å². The number of hydrogen-bond donors (Lipinski definition) is 1. The normalized spacial score (nSPS) is 25.0. The van der Waals surface area contributed by atoms with Crippen molar-refractivity contribution in [1.82, 2.24) is 4.90 Å². The molecule has 1 aromatic carbocycles. The molecule has 1 saturated heterocycles. The van der Waals surface area contributed by atoms with E-state index < -0.39 is 0 Å². The molecule has 3 rings (SSSR count). The molecular weight excluding hydrogens is 300 g/mol. The van der Waals surface area contributed by atoms with Crippen LogP contribution in [0.1, 0.15) is 43.2 Å². The predicted octanol–water partition coefficient (Wildman–Crippen LogP) is 3.05. The summed E-state index contributed by atoms with van der Waals surface area (Å²) in [5, 5.41) is 0. The van der Waals surface area contributed by atoms with E-state index in [0.29, 0.717) is 18.4 Å². The average molecular weight is 330 g/mol. The van der Waals surface area contributed by atoms with Crippen molar-refractivity contribution in [1.29, 1.82) is 0 Å². The molecule has 1 amide bonds. The first-order valence-electron chi connectivity index (χ1n) is 9.31. The molecule has 24 heavy (non-hydrogen) atoms. The number of ether oxygens (including phenoxy) is 1. The van der Waals surface area contributed by atoms with Crippen LogP contribution in [0, 0.1) is 25.7 Å². The summed E-state index contributed by atoms with van der Waals surface area (Å²) in [6.45, 7) is 6.43. The van der Waals surface area contributed by atoms with Gasteiger partial charge in [0.05, 0.1) is 0 Å². The van der Waals surface area contributed by atoms with Gasteiger partial charge in [-0.15, -0.1) is 0 Å². The third kappa shape index (κ3) is 3.75.